The van der Waals surface area contributed by atoms with Crippen molar-refractivity contribution in [2.45, 2.75) is 44.8 Å². The van der Waals surface area contributed by atoms with Crippen molar-refractivity contribution in [1.29, 1.82) is 0 Å². The van der Waals surface area contributed by atoms with Crippen LogP contribution >= 0.6 is 0 Å². The SMILES string of the molecule is CNC(CN1CC2CCCN2CC1C)c1cccc(C)c1. The molecule has 1 N–H and O–H groups in total. The van der Waals surface area contributed by atoms with Crippen LogP contribution in [0.5, 0.6) is 0 Å². The lowest BCUT2D eigenvalue weighted by Gasteiger charge is -2.43. The van der Waals surface area contributed by atoms with Crippen molar-refractivity contribution in [1.82, 2.24) is 15.1 Å². The maximum atomic E-state index is 3.52. The second kappa shape index (κ2) is 6.47. The number of fused-ring (bicyclic) bond motifs is 1. The Labute approximate surface area is 129 Å². The third kappa shape index (κ3) is 3.31. The standard InChI is InChI=1S/C18H29N3/c1-14-6-4-7-16(10-14)18(19-3)13-21-12-17-8-5-9-20(17)11-15(21)2/h4,6-7,10,15,17-19H,5,8-9,11-13H2,1-3H3. The van der Waals surface area contributed by atoms with Crippen molar-refractivity contribution in [2.75, 3.05) is 33.2 Å². The van der Waals surface area contributed by atoms with Crippen LogP contribution in [0.15, 0.2) is 24.3 Å². The van der Waals surface area contributed by atoms with Crippen LogP contribution in [0.4, 0.5) is 0 Å². The first kappa shape index (κ1) is 15.0. The number of likely N-dealkylation sites (N-methyl/N-ethyl adjacent to an activating group) is 1. The number of nitrogens with one attached hydrogen (secondary N) is 1. The van der Waals surface area contributed by atoms with Gasteiger partial charge in [0.1, 0.15) is 0 Å². The Bertz CT molecular complexity index is 473. The normalized spacial score (nSPS) is 28.5. The van der Waals surface area contributed by atoms with Crippen LogP contribution in [-0.4, -0.2) is 55.1 Å². The molecule has 0 amide bonds. The third-order valence-electron chi connectivity index (χ3n) is 5.28. The van der Waals surface area contributed by atoms with Gasteiger partial charge in [0.25, 0.3) is 0 Å². The third-order valence-corrected chi connectivity index (χ3v) is 5.28. The summed E-state index contributed by atoms with van der Waals surface area (Å²) >= 11 is 0. The number of piperazine rings is 1. The van der Waals surface area contributed by atoms with Gasteiger partial charge in [0.05, 0.1) is 0 Å². The van der Waals surface area contributed by atoms with Crippen molar-refractivity contribution in [3.05, 3.63) is 35.4 Å². The number of hydrogen-bond acceptors (Lipinski definition) is 3. The summed E-state index contributed by atoms with van der Waals surface area (Å²) in [5, 5.41) is 3.52. The predicted octanol–water partition coefficient (Wildman–Crippen LogP) is 2.42. The molecular weight excluding hydrogens is 258 g/mol. The van der Waals surface area contributed by atoms with Crippen LogP contribution in [-0.2, 0) is 0 Å². The number of nitrogens with zero attached hydrogens (tertiary/aromatic N) is 2. The van der Waals surface area contributed by atoms with Crippen LogP contribution in [0.1, 0.15) is 36.9 Å². The topological polar surface area (TPSA) is 18.5 Å². The van der Waals surface area contributed by atoms with E-state index in [1.54, 1.807) is 0 Å². The first-order valence-electron chi connectivity index (χ1n) is 8.39. The van der Waals surface area contributed by atoms with Gasteiger partial charge in [0.2, 0.25) is 0 Å². The molecule has 3 heteroatoms. The van der Waals surface area contributed by atoms with E-state index >= 15 is 0 Å². The summed E-state index contributed by atoms with van der Waals surface area (Å²) in [7, 11) is 2.09. The van der Waals surface area contributed by atoms with Gasteiger partial charge in [-0.1, -0.05) is 29.8 Å². The maximum Gasteiger partial charge on any atom is 0.0447 e. The molecule has 2 fully saturated rings. The van der Waals surface area contributed by atoms with Gasteiger partial charge in [0, 0.05) is 37.8 Å². The van der Waals surface area contributed by atoms with E-state index in [2.05, 4.69) is 60.3 Å². The van der Waals surface area contributed by atoms with Gasteiger partial charge in [-0.3, -0.25) is 9.80 Å². The van der Waals surface area contributed by atoms with E-state index in [1.807, 2.05) is 0 Å². The molecule has 0 radical (unpaired) electrons. The molecule has 0 saturated carbocycles. The van der Waals surface area contributed by atoms with Gasteiger partial charge in [-0.15, -0.1) is 0 Å². The Hall–Kier alpha value is -0.900. The lowest BCUT2D eigenvalue weighted by molar-refractivity contribution is 0.0530. The van der Waals surface area contributed by atoms with Crippen molar-refractivity contribution in [2.24, 2.45) is 0 Å². The van der Waals surface area contributed by atoms with Crippen LogP contribution in [0.3, 0.4) is 0 Å². The maximum absolute atomic E-state index is 3.52. The molecule has 0 aliphatic carbocycles. The van der Waals surface area contributed by atoms with E-state index in [9.17, 15) is 0 Å². The Morgan fingerprint density at radius 1 is 1.33 bits per heavy atom. The summed E-state index contributed by atoms with van der Waals surface area (Å²) in [4.78, 5) is 5.39. The van der Waals surface area contributed by atoms with E-state index in [1.165, 1.54) is 43.6 Å². The first-order chi connectivity index (χ1) is 10.2. The van der Waals surface area contributed by atoms with E-state index < -0.39 is 0 Å². The summed E-state index contributed by atoms with van der Waals surface area (Å²) in [5.74, 6) is 0. The molecule has 0 bridgehead atoms. The Balaban J connectivity index is 1.68. The Morgan fingerprint density at radius 3 is 2.95 bits per heavy atom. The van der Waals surface area contributed by atoms with E-state index in [-0.39, 0.29) is 0 Å². The molecule has 3 nitrogen and oxygen atoms in total. The highest BCUT2D eigenvalue weighted by Gasteiger charge is 2.34. The molecule has 2 aliphatic heterocycles. The molecule has 0 spiro atoms. The predicted molar refractivity (Wildman–Crippen MR) is 88.6 cm³/mol. The van der Waals surface area contributed by atoms with Gasteiger partial charge in [0.15, 0.2) is 0 Å². The van der Waals surface area contributed by atoms with Crippen molar-refractivity contribution >= 4 is 0 Å². The van der Waals surface area contributed by atoms with Gasteiger partial charge in [-0.2, -0.15) is 0 Å². The number of benzene rings is 1. The van der Waals surface area contributed by atoms with Gasteiger partial charge < -0.3 is 5.32 Å². The average Bonchev–Trinajstić information content (AvgIpc) is 2.91. The Morgan fingerprint density at radius 2 is 2.19 bits per heavy atom. The molecule has 3 atom stereocenters. The van der Waals surface area contributed by atoms with Gasteiger partial charge in [-0.05, 0) is 45.8 Å². The largest absolute Gasteiger partial charge is 0.312 e. The molecule has 1 aromatic rings. The molecule has 3 unspecified atom stereocenters. The summed E-state index contributed by atoms with van der Waals surface area (Å²) in [6.07, 6.45) is 2.77. The smallest absolute Gasteiger partial charge is 0.0447 e. The van der Waals surface area contributed by atoms with Crippen LogP contribution in [0.25, 0.3) is 0 Å². The zero-order valence-electron chi connectivity index (χ0n) is 13.7. The molecule has 3 rings (SSSR count). The summed E-state index contributed by atoms with van der Waals surface area (Å²) < 4.78 is 0. The van der Waals surface area contributed by atoms with Gasteiger partial charge in [-0.25, -0.2) is 0 Å². The lowest BCUT2D eigenvalue weighted by atomic mass is 10.0. The minimum absolute atomic E-state index is 0.431. The number of rotatable bonds is 4. The van der Waals surface area contributed by atoms with E-state index in [4.69, 9.17) is 0 Å². The van der Waals surface area contributed by atoms with E-state index in [0.29, 0.717) is 12.1 Å². The average molecular weight is 287 g/mol. The highest BCUT2D eigenvalue weighted by Crippen LogP contribution is 2.26. The minimum Gasteiger partial charge on any atom is -0.312 e. The zero-order valence-corrected chi connectivity index (χ0v) is 13.7. The first-order valence-corrected chi connectivity index (χ1v) is 8.39. The summed E-state index contributed by atoms with van der Waals surface area (Å²) in [6, 6.07) is 10.8. The fourth-order valence-corrected chi connectivity index (χ4v) is 3.99. The fraction of sp³-hybridized carbons (Fsp3) is 0.667. The highest BCUT2D eigenvalue weighted by atomic mass is 15.3. The second-order valence-electron chi connectivity index (χ2n) is 6.85. The Kier molecular flexibility index (Phi) is 4.63. The molecule has 116 valence electrons. The monoisotopic (exact) mass is 287 g/mol. The van der Waals surface area contributed by atoms with E-state index in [0.717, 1.165) is 12.6 Å². The molecule has 2 aliphatic rings. The quantitative estimate of drug-likeness (QED) is 0.917. The van der Waals surface area contributed by atoms with Crippen LogP contribution < -0.4 is 5.32 Å². The van der Waals surface area contributed by atoms with Crippen LogP contribution in [0, 0.1) is 6.92 Å². The molecule has 2 heterocycles. The van der Waals surface area contributed by atoms with Crippen molar-refractivity contribution < 1.29 is 0 Å². The lowest BCUT2D eigenvalue weighted by Crippen LogP contribution is -2.56. The van der Waals surface area contributed by atoms with Crippen molar-refractivity contribution in [3.63, 3.8) is 0 Å². The van der Waals surface area contributed by atoms with Crippen LogP contribution in [0.2, 0.25) is 0 Å². The fourth-order valence-electron chi connectivity index (χ4n) is 3.99. The molecule has 0 aromatic heterocycles. The zero-order chi connectivity index (χ0) is 14.8. The number of hydrogen-bond donors (Lipinski definition) is 1. The highest BCUT2D eigenvalue weighted by molar-refractivity contribution is 5.25. The molecule has 21 heavy (non-hydrogen) atoms. The summed E-state index contributed by atoms with van der Waals surface area (Å²) in [6.45, 7) is 9.48. The summed E-state index contributed by atoms with van der Waals surface area (Å²) in [5.41, 5.74) is 2.76. The van der Waals surface area contributed by atoms with Crippen molar-refractivity contribution in [3.8, 4) is 0 Å². The molecule has 2 saturated heterocycles. The minimum atomic E-state index is 0.431. The molecular formula is C18H29N3. The number of aryl methyl sites for hydroxylation is 1. The molecule has 1 aromatic carbocycles. The second-order valence-corrected chi connectivity index (χ2v) is 6.85. The van der Waals surface area contributed by atoms with Gasteiger partial charge >= 0.3 is 0 Å².